The van der Waals surface area contributed by atoms with Gasteiger partial charge >= 0.3 is 12.1 Å². The minimum Gasteiger partial charge on any atom is -0.466 e. The van der Waals surface area contributed by atoms with Crippen LogP contribution in [0.5, 0.6) is 0 Å². The SMILES string of the molecule is CCOC(=O)C1CCN(c2cnc(C#N)c(Nc3ccc(C4CCN(C(=O)O)CC4)cc3)n2)CC1. The molecule has 1 aromatic heterocycles. The Bertz CT molecular complexity index is 1080. The van der Waals surface area contributed by atoms with E-state index in [1.54, 1.807) is 6.20 Å². The quantitative estimate of drug-likeness (QED) is 0.596. The van der Waals surface area contributed by atoms with Gasteiger partial charge in [0.15, 0.2) is 11.5 Å². The Kier molecular flexibility index (Phi) is 7.65. The zero-order chi connectivity index (χ0) is 24.8. The molecule has 10 nitrogen and oxygen atoms in total. The number of aromatic nitrogens is 2. The van der Waals surface area contributed by atoms with Crippen LogP contribution in [0.1, 0.15) is 49.8 Å². The van der Waals surface area contributed by atoms with Crippen LogP contribution in [0, 0.1) is 17.2 Å². The van der Waals surface area contributed by atoms with Gasteiger partial charge in [-0.25, -0.2) is 14.8 Å². The molecule has 0 atom stereocenters. The summed E-state index contributed by atoms with van der Waals surface area (Å²) in [7, 11) is 0. The first-order chi connectivity index (χ1) is 17.0. The zero-order valence-corrected chi connectivity index (χ0v) is 19.8. The van der Waals surface area contributed by atoms with Crippen molar-refractivity contribution in [1.29, 1.82) is 5.26 Å². The number of anilines is 3. The highest BCUT2D eigenvalue weighted by Gasteiger charge is 2.27. The molecule has 0 saturated carbocycles. The van der Waals surface area contributed by atoms with E-state index in [-0.39, 0.29) is 17.6 Å². The van der Waals surface area contributed by atoms with E-state index in [0.29, 0.717) is 63.2 Å². The van der Waals surface area contributed by atoms with Crippen LogP contribution < -0.4 is 10.2 Å². The summed E-state index contributed by atoms with van der Waals surface area (Å²) in [5.41, 5.74) is 2.17. The van der Waals surface area contributed by atoms with Crippen molar-refractivity contribution in [3.63, 3.8) is 0 Å². The Morgan fingerprint density at radius 1 is 1.14 bits per heavy atom. The number of carboxylic acid groups (broad SMARTS) is 1. The van der Waals surface area contributed by atoms with Gasteiger partial charge in [0.25, 0.3) is 0 Å². The third-order valence-corrected chi connectivity index (χ3v) is 6.71. The maximum atomic E-state index is 12.0. The van der Waals surface area contributed by atoms with Gasteiger partial charge in [-0.3, -0.25) is 4.79 Å². The number of nitriles is 1. The van der Waals surface area contributed by atoms with E-state index in [0.717, 1.165) is 18.5 Å². The molecule has 0 bridgehead atoms. The van der Waals surface area contributed by atoms with Crippen molar-refractivity contribution in [1.82, 2.24) is 14.9 Å². The minimum atomic E-state index is -0.858. The molecule has 2 saturated heterocycles. The molecule has 1 amide bonds. The predicted molar refractivity (Wildman–Crippen MR) is 130 cm³/mol. The summed E-state index contributed by atoms with van der Waals surface area (Å²) in [6.07, 6.45) is 3.73. The third kappa shape index (κ3) is 5.80. The number of likely N-dealkylation sites (tertiary alicyclic amines) is 1. The highest BCUT2D eigenvalue weighted by Crippen LogP contribution is 2.30. The minimum absolute atomic E-state index is 0.0926. The average molecular weight is 479 g/mol. The fourth-order valence-corrected chi connectivity index (χ4v) is 4.68. The van der Waals surface area contributed by atoms with Crippen LogP contribution in [0.2, 0.25) is 0 Å². The highest BCUT2D eigenvalue weighted by molar-refractivity contribution is 5.73. The third-order valence-electron chi connectivity index (χ3n) is 6.71. The van der Waals surface area contributed by atoms with Crippen molar-refractivity contribution in [2.75, 3.05) is 43.0 Å². The fraction of sp³-hybridized carbons (Fsp3) is 0.480. The molecule has 184 valence electrons. The van der Waals surface area contributed by atoms with Gasteiger partial charge in [-0.05, 0) is 56.2 Å². The van der Waals surface area contributed by atoms with E-state index in [1.807, 2.05) is 31.2 Å². The number of hydrogen-bond acceptors (Lipinski definition) is 8. The molecule has 2 aliphatic heterocycles. The number of nitrogens with zero attached hydrogens (tertiary/aromatic N) is 5. The van der Waals surface area contributed by atoms with Gasteiger partial charge in [0.05, 0.1) is 18.7 Å². The van der Waals surface area contributed by atoms with Crippen LogP contribution in [0.25, 0.3) is 0 Å². The molecule has 35 heavy (non-hydrogen) atoms. The first kappa shape index (κ1) is 24.3. The van der Waals surface area contributed by atoms with Gasteiger partial charge < -0.3 is 25.0 Å². The first-order valence-electron chi connectivity index (χ1n) is 12.0. The van der Waals surface area contributed by atoms with Gasteiger partial charge in [0.2, 0.25) is 0 Å². The van der Waals surface area contributed by atoms with Gasteiger partial charge in [-0.1, -0.05) is 12.1 Å². The van der Waals surface area contributed by atoms with E-state index >= 15 is 0 Å². The molecular formula is C25H30N6O4. The molecule has 2 fully saturated rings. The largest absolute Gasteiger partial charge is 0.466 e. The van der Waals surface area contributed by atoms with Crippen molar-refractivity contribution in [3.8, 4) is 6.07 Å². The number of esters is 1. The molecule has 0 aliphatic carbocycles. The smallest absolute Gasteiger partial charge is 0.407 e. The number of ether oxygens (including phenoxy) is 1. The second-order valence-electron chi connectivity index (χ2n) is 8.84. The molecule has 2 aliphatic rings. The van der Waals surface area contributed by atoms with Crippen molar-refractivity contribution in [2.45, 2.75) is 38.5 Å². The Labute approximate surface area is 204 Å². The topological polar surface area (TPSA) is 132 Å². The summed E-state index contributed by atoms with van der Waals surface area (Å²) >= 11 is 0. The summed E-state index contributed by atoms with van der Waals surface area (Å²) in [5.74, 6) is 1.15. The molecule has 1 aromatic carbocycles. The molecule has 3 heterocycles. The zero-order valence-electron chi connectivity index (χ0n) is 19.8. The van der Waals surface area contributed by atoms with Gasteiger partial charge in [-0.2, -0.15) is 5.26 Å². The molecule has 4 rings (SSSR count). The molecule has 10 heteroatoms. The number of piperidine rings is 2. The summed E-state index contributed by atoms with van der Waals surface area (Å²) < 4.78 is 5.14. The molecule has 0 unspecified atom stereocenters. The van der Waals surface area contributed by atoms with Crippen LogP contribution in [0.4, 0.5) is 22.1 Å². The van der Waals surface area contributed by atoms with Crippen LogP contribution in [0.15, 0.2) is 30.5 Å². The normalized spacial score (nSPS) is 17.0. The van der Waals surface area contributed by atoms with Crippen molar-refractivity contribution in [2.24, 2.45) is 5.92 Å². The van der Waals surface area contributed by atoms with Gasteiger partial charge in [-0.15, -0.1) is 0 Å². The Balaban J connectivity index is 1.40. The fourth-order valence-electron chi connectivity index (χ4n) is 4.68. The monoisotopic (exact) mass is 478 g/mol. The summed E-state index contributed by atoms with van der Waals surface area (Å²) in [4.78, 5) is 35.6. The number of amides is 1. The second kappa shape index (κ2) is 11.0. The standard InChI is InChI=1S/C25H30N6O4/c1-2-35-24(32)19-9-11-30(12-10-19)22-16-27-21(15-26)23(29-22)28-20-5-3-17(4-6-20)18-7-13-31(14-8-18)25(33)34/h3-6,16,18-19H,2,7-14H2,1H3,(H,28,29)(H,33,34). The predicted octanol–water partition coefficient (Wildman–Crippen LogP) is 3.73. The maximum Gasteiger partial charge on any atom is 0.407 e. The van der Waals surface area contributed by atoms with Crippen LogP contribution in [0.3, 0.4) is 0 Å². The Hall–Kier alpha value is -3.87. The van der Waals surface area contributed by atoms with Gasteiger partial charge in [0.1, 0.15) is 11.9 Å². The average Bonchev–Trinajstić information content (AvgIpc) is 2.89. The van der Waals surface area contributed by atoms with Gasteiger partial charge in [0, 0.05) is 31.9 Å². The van der Waals surface area contributed by atoms with E-state index in [2.05, 4.69) is 26.3 Å². The Morgan fingerprint density at radius 3 is 2.43 bits per heavy atom. The molecule has 2 aromatic rings. The molecular weight excluding hydrogens is 448 g/mol. The number of benzene rings is 1. The number of carbonyl (C=O) groups excluding carboxylic acids is 1. The van der Waals surface area contributed by atoms with E-state index in [1.165, 1.54) is 10.5 Å². The lowest BCUT2D eigenvalue weighted by atomic mass is 9.89. The summed E-state index contributed by atoms with van der Waals surface area (Å²) in [5, 5.41) is 21.9. The number of hydrogen-bond donors (Lipinski definition) is 2. The van der Waals surface area contributed by atoms with E-state index in [9.17, 15) is 14.9 Å². The number of carbonyl (C=O) groups is 2. The lowest BCUT2D eigenvalue weighted by molar-refractivity contribution is -0.148. The summed E-state index contributed by atoms with van der Waals surface area (Å²) in [6, 6.07) is 10.0. The van der Waals surface area contributed by atoms with Crippen molar-refractivity contribution in [3.05, 3.63) is 41.7 Å². The van der Waals surface area contributed by atoms with Crippen molar-refractivity contribution < 1.29 is 19.4 Å². The first-order valence-corrected chi connectivity index (χ1v) is 12.0. The maximum absolute atomic E-state index is 12.0. The lowest BCUT2D eigenvalue weighted by Gasteiger charge is -2.31. The van der Waals surface area contributed by atoms with Crippen LogP contribution >= 0.6 is 0 Å². The Morgan fingerprint density at radius 2 is 1.83 bits per heavy atom. The van der Waals surface area contributed by atoms with Crippen LogP contribution in [-0.4, -0.2) is 64.8 Å². The van der Waals surface area contributed by atoms with E-state index in [4.69, 9.17) is 9.84 Å². The van der Waals surface area contributed by atoms with Crippen LogP contribution in [-0.2, 0) is 9.53 Å². The molecule has 0 spiro atoms. The number of nitrogens with one attached hydrogen (secondary N) is 1. The van der Waals surface area contributed by atoms with E-state index < -0.39 is 6.09 Å². The number of rotatable bonds is 6. The summed E-state index contributed by atoms with van der Waals surface area (Å²) in [6.45, 7) is 4.63. The van der Waals surface area contributed by atoms with Crippen molar-refractivity contribution >= 4 is 29.4 Å². The molecule has 0 radical (unpaired) electrons. The second-order valence-corrected chi connectivity index (χ2v) is 8.84. The lowest BCUT2D eigenvalue weighted by Crippen LogP contribution is -2.37. The highest BCUT2D eigenvalue weighted by atomic mass is 16.5. The molecule has 2 N–H and O–H groups in total.